The van der Waals surface area contributed by atoms with Gasteiger partial charge in [0, 0.05) is 13.1 Å². The molecule has 4 rings (SSSR count). The predicted molar refractivity (Wildman–Crippen MR) is 144 cm³/mol. The molecule has 2 N–H and O–H groups in total. The zero-order valence-corrected chi connectivity index (χ0v) is 22.6. The maximum absolute atomic E-state index is 12.8. The molecule has 2 heterocycles. The van der Waals surface area contributed by atoms with Gasteiger partial charge in [-0.25, -0.2) is 22.3 Å². The van der Waals surface area contributed by atoms with Crippen molar-refractivity contribution in [3.63, 3.8) is 0 Å². The van der Waals surface area contributed by atoms with Crippen LogP contribution in [0.2, 0.25) is 5.02 Å². The minimum absolute atomic E-state index is 0.0142. The van der Waals surface area contributed by atoms with E-state index in [4.69, 9.17) is 26.2 Å². The summed E-state index contributed by atoms with van der Waals surface area (Å²) in [5, 5.41) is 18.4. The zero-order chi connectivity index (χ0) is 27.3. The number of sulfonamides is 1. The fraction of sp³-hybridized carbons (Fsp3) is 0.308. The van der Waals surface area contributed by atoms with E-state index in [1.54, 1.807) is 28.6 Å². The minimum atomic E-state index is -3.39. The molecule has 1 aliphatic heterocycles. The van der Waals surface area contributed by atoms with Crippen molar-refractivity contribution in [2.45, 2.75) is 18.6 Å². The van der Waals surface area contributed by atoms with E-state index in [-0.39, 0.29) is 27.3 Å². The summed E-state index contributed by atoms with van der Waals surface area (Å²) in [6.45, 7) is 0.559. The molecule has 0 aliphatic carbocycles. The van der Waals surface area contributed by atoms with Gasteiger partial charge in [0.15, 0.2) is 17.2 Å². The largest absolute Gasteiger partial charge is 0.493 e. The van der Waals surface area contributed by atoms with E-state index in [9.17, 15) is 23.1 Å². The Morgan fingerprint density at radius 3 is 2.39 bits per heavy atom. The number of carboxylic acid groups (broad SMARTS) is 2. The number of ether oxygens (including phenoxy) is 2. The third kappa shape index (κ3) is 6.84. The molecule has 9 nitrogen and oxygen atoms in total. The van der Waals surface area contributed by atoms with Crippen molar-refractivity contribution < 1.29 is 37.7 Å². The molecule has 1 fully saturated rings. The van der Waals surface area contributed by atoms with Gasteiger partial charge in [0.25, 0.3) is 0 Å². The highest BCUT2D eigenvalue weighted by Crippen LogP contribution is 2.46. The molecule has 0 saturated carbocycles. The van der Waals surface area contributed by atoms with Gasteiger partial charge >= 0.3 is 11.9 Å². The van der Waals surface area contributed by atoms with Crippen LogP contribution in [-0.2, 0) is 20.6 Å². The Bertz CT molecular complexity index is 1400. The van der Waals surface area contributed by atoms with Crippen LogP contribution in [0.1, 0.15) is 28.1 Å². The van der Waals surface area contributed by atoms with Crippen molar-refractivity contribution in [2.75, 3.05) is 26.3 Å². The highest BCUT2D eigenvalue weighted by molar-refractivity contribution is 7.88. The lowest BCUT2D eigenvalue weighted by atomic mass is 9.99. The average Bonchev–Trinajstić information content (AvgIpc) is 3.23. The van der Waals surface area contributed by atoms with E-state index in [0.717, 1.165) is 16.9 Å². The number of piperidine rings is 1. The number of aromatic carboxylic acids is 1. The molecule has 38 heavy (non-hydrogen) atoms. The number of benzene rings is 2. The molecule has 3 aromatic rings. The molecule has 1 saturated heterocycles. The smallest absolute Gasteiger partial charge is 0.349 e. The van der Waals surface area contributed by atoms with Crippen molar-refractivity contribution >= 4 is 44.9 Å². The van der Waals surface area contributed by atoms with Crippen molar-refractivity contribution in [1.29, 1.82) is 0 Å². The summed E-state index contributed by atoms with van der Waals surface area (Å²) >= 11 is 7.27. The van der Waals surface area contributed by atoms with Gasteiger partial charge in [-0.05, 0) is 42.0 Å². The van der Waals surface area contributed by atoms with Crippen molar-refractivity contribution in [2.24, 2.45) is 5.92 Å². The lowest BCUT2D eigenvalue weighted by molar-refractivity contribution is -0.139. The normalized spacial score (nSPS) is 14.8. The Balaban J connectivity index is 1.37. The second-order valence-corrected chi connectivity index (χ2v) is 12.2. The van der Waals surface area contributed by atoms with Gasteiger partial charge in [-0.15, -0.1) is 11.3 Å². The second kappa shape index (κ2) is 12.2. The van der Waals surface area contributed by atoms with Gasteiger partial charge in [0.1, 0.15) is 10.8 Å². The first-order valence-corrected chi connectivity index (χ1v) is 14.6. The summed E-state index contributed by atoms with van der Waals surface area (Å²) in [4.78, 5) is 22.7. The molecule has 0 spiro atoms. The Hall–Kier alpha value is -3.12. The lowest BCUT2D eigenvalue weighted by Gasteiger charge is -2.31. The monoisotopic (exact) mass is 579 g/mol. The van der Waals surface area contributed by atoms with Crippen LogP contribution in [-0.4, -0.2) is 61.2 Å². The van der Waals surface area contributed by atoms with Gasteiger partial charge < -0.3 is 19.7 Å². The topological polar surface area (TPSA) is 130 Å². The summed E-state index contributed by atoms with van der Waals surface area (Å²) in [5.41, 5.74) is 1.37. The summed E-state index contributed by atoms with van der Waals surface area (Å²) in [7, 11) is -3.39. The number of hydrogen-bond acceptors (Lipinski definition) is 7. The SMILES string of the molecule is O=C(O)COc1c(C(=O)O)sc(-c2cccc(OCC3CCN(S(=O)(=O)Cc4ccccc4)CC3)c2)c1Cl. The average molecular weight is 580 g/mol. The predicted octanol–water partition coefficient (Wildman–Crippen LogP) is 4.85. The summed E-state index contributed by atoms with van der Waals surface area (Å²) in [6.07, 6.45) is 1.35. The number of carbonyl (C=O) groups is 2. The molecule has 1 aliphatic rings. The third-order valence-electron chi connectivity index (χ3n) is 6.08. The van der Waals surface area contributed by atoms with Crippen LogP contribution in [0.3, 0.4) is 0 Å². The van der Waals surface area contributed by atoms with E-state index in [0.29, 0.717) is 48.7 Å². The second-order valence-electron chi connectivity index (χ2n) is 8.81. The van der Waals surface area contributed by atoms with E-state index in [1.807, 2.05) is 30.3 Å². The number of aliphatic carboxylic acids is 1. The first-order chi connectivity index (χ1) is 18.1. The molecule has 2 aromatic carbocycles. The van der Waals surface area contributed by atoms with Gasteiger partial charge in [-0.2, -0.15) is 0 Å². The fourth-order valence-electron chi connectivity index (χ4n) is 4.16. The van der Waals surface area contributed by atoms with Gasteiger partial charge in [-0.1, -0.05) is 54.1 Å². The molecule has 0 radical (unpaired) electrons. The van der Waals surface area contributed by atoms with Crippen LogP contribution >= 0.6 is 22.9 Å². The zero-order valence-electron chi connectivity index (χ0n) is 20.2. The fourth-order valence-corrected chi connectivity index (χ4v) is 7.12. The molecule has 1 aromatic heterocycles. The Kier molecular flexibility index (Phi) is 8.93. The van der Waals surface area contributed by atoms with Gasteiger partial charge in [0.05, 0.1) is 17.2 Å². The highest BCUT2D eigenvalue weighted by atomic mass is 35.5. The maximum Gasteiger partial charge on any atom is 0.349 e. The van der Waals surface area contributed by atoms with Crippen LogP contribution < -0.4 is 9.47 Å². The molecular formula is C26H26ClNO8S2. The number of rotatable bonds is 11. The maximum atomic E-state index is 12.8. The molecule has 0 unspecified atom stereocenters. The number of hydrogen-bond donors (Lipinski definition) is 2. The van der Waals surface area contributed by atoms with Crippen LogP contribution in [0.4, 0.5) is 0 Å². The first-order valence-electron chi connectivity index (χ1n) is 11.8. The van der Waals surface area contributed by atoms with Crippen molar-refractivity contribution in [1.82, 2.24) is 4.31 Å². The van der Waals surface area contributed by atoms with Crippen LogP contribution in [0, 0.1) is 5.92 Å². The highest BCUT2D eigenvalue weighted by Gasteiger charge is 2.29. The van der Waals surface area contributed by atoms with Crippen LogP contribution in [0.25, 0.3) is 10.4 Å². The van der Waals surface area contributed by atoms with E-state index >= 15 is 0 Å². The van der Waals surface area contributed by atoms with Gasteiger partial charge in [-0.3, -0.25) is 0 Å². The number of carboxylic acids is 2. The number of thiophene rings is 1. The van der Waals surface area contributed by atoms with Crippen LogP contribution in [0.5, 0.6) is 11.5 Å². The van der Waals surface area contributed by atoms with Crippen molar-refractivity contribution in [3.8, 4) is 21.9 Å². The number of halogens is 1. The Morgan fingerprint density at radius 1 is 1.03 bits per heavy atom. The lowest BCUT2D eigenvalue weighted by Crippen LogP contribution is -2.40. The standard InChI is InChI=1S/C26H26ClNO8S2/c27-22-23(36-15-21(29)30)25(26(31)32)37-24(22)19-7-4-8-20(13-19)35-14-17-9-11-28(12-10-17)38(33,34)16-18-5-2-1-3-6-18/h1-8,13,17H,9-12,14-16H2,(H,29,30)(H,31,32). The van der Waals surface area contributed by atoms with Crippen molar-refractivity contribution in [3.05, 3.63) is 70.1 Å². The van der Waals surface area contributed by atoms with E-state index in [1.165, 1.54) is 0 Å². The minimum Gasteiger partial charge on any atom is -0.493 e. The Labute approximate surface area is 229 Å². The molecule has 202 valence electrons. The quantitative estimate of drug-likeness (QED) is 0.330. The summed E-state index contributed by atoms with van der Waals surface area (Å²) in [5.74, 6) is -1.98. The number of nitrogens with zero attached hydrogens (tertiary/aromatic N) is 1. The summed E-state index contributed by atoms with van der Waals surface area (Å²) < 4.78 is 38.3. The molecule has 0 atom stereocenters. The molecular weight excluding hydrogens is 554 g/mol. The van der Waals surface area contributed by atoms with E-state index in [2.05, 4.69) is 0 Å². The molecule has 12 heteroatoms. The van der Waals surface area contributed by atoms with E-state index < -0.39 is 28.6 Å². The van der Waals surface area contributed by atoms with Crippen LogP contribution in [0.15, 0.2) is 54.6 Å². The Morgan fingerprint density at radius 2 is 1.74 bits per heavy atom. The van der Waals surface area contributed by atoms with Gasteiger partial charge in [0.2, 0.25) is 10.0 Å². The molecule has 0 amide bonds. The molecule has 0 bridgehead atoms. The summed E-state index contributed by atoms with van der Waals surface area (Å²) in [6, 6.07) is 16.1. The first kappa shape index (κ1) is 27.9. The third-order valence-corrected chi connectivity index (χ3v) is 9.61.